The molecule has 0 bridgehead atoms. The number of aromatic nitrogens is 2. The summed E-state index contributed by atoms with van der Waals surface area (Å²) in [7, 11) is 0. The van der Waals surface area contributed by atoms with Gasteiger partial charge in [0.2, 0.25) is 5.91 Å². The fraction of sp³-hybridized carbons (Fsp3) is 0.368. The second kappa shape index (κ2) is 7.59. The Balaban J connectivity index is 1.81. The highest BCUT2D eigenvalue weighted by Gasteiger charge is 2.18. The van der Waals surface area contributed by atoms with Crippen molar-refractivity contribution in [2.45, 2.75) is 45.1 Å². The number of amides is 2. The molecule has 1 saturated carbocycles. The molecule has 0 spiro atoms. The van der Waals surface area contributed by atoms with E-state index in [4.69, 9.17) is 5.73 Å². The molecule has 7 heteroatoms. The normalized spacial score (nSPS) is 14.8. The van der Waals surface area contributed by atoms with E-state index in [1.807, 2.05) is 0 Å². The van der Waals surface area contributed by atoms with Crippen molar-refractivity contribution in [2.24, 2.45) is 5.73 Å². The van der Waals surface area contributed by atoms with Crippen LogP contribution in [0.2, 0.25) is 0 Å². The van der Waals surface area contributed by atoms with Crippen LogP contribution < -0.4 is 11.1 Å². The van der Waals surface area contributed by atoms with E-state index < -0.39 is 11.7 Å². The molecule has 3 rings (SSSR count). The molecule has 1 aromatic heterocycles. The van der Waals surface area contributed by atoms with Crippen LogP contribution >= 0.6 is 0 Å². The van der Waals surface area contributed by atoms with Crippen LogP contribution in [0.4, 0.5) is 4.39 Å². The molecule has 136 valence electrons. The van der Waals surface area contributed by atoms with E-state index >= 15 is 0 Å². The highest BCUT2D eigenvalue weighted by Crippen LogP contribution is 2.25. The van der Waals surface area contributed by atoms with Crippen molar-refractivity contribution in [3.63, 3.8) is 0 Å². The predicted molar refractivity (Wildman–Crippen MR) is 95.0 cm³/mol. The van der Waals surface area contributed by atoms with Gasteiger partial charge in [-0.1, -0.05) is 19.3 Å². The van der Waals surface area contributed by atoms with E-state index in [-0.39, 0.29) is 23.2 Å². The number of hydrogen-bond donors (Lipinski definition) is 2. The Labute approximate surface area is 151 Å². The van der Waals surface area contributed by atoms with Crippen molar-refractivity contribution < 1.29 is 14.0 Å². The summed E-state index contributed by atoms with van der Waals surface area (Å²) in [6.07, 6.45) is 5.42. The average Bonchev–Trinajstić information content (AvgIpc) is 2.64. The number of nitrogens with zero attached hydrogens (tertiary/aromatic N) is 2. The molecule has 26 heavy (non-hydrogen) atoms. The summed E-state index contributed by atoms with van der Waals surface area (Å²) in [6.45, 7) is 1.58. The molecule has 1 fully saturated rings. The van der Waals surface area contributed by atoms with Gasteiger partial charge < -0.3 is 11.1 Å². The molecule has 0 radical (unpaired) electrons. The van der Waals surface area contributed by atoms with Crippen LogP contribution in [0.3, 0.4) is 0 Å². The Morgan fingerprint density at radius 2 is 1.88 bits per heavy atom. The van der Waals surface area contributed by atoms with Gasteiger partial charge in [-0.3, -0.25) is 9.59 Å². The number of hydrogen-bond acceptors (Lipinski definition) is 4. The minimum Gasteiger partial charge on any atom is -0.366 e. The zero-order valence-corrected chi connectivity index (χ0v) is 14.6. The molecule has 6 nitrogen and oxygen atoms in total. The molecule has 1 aliphatic carbocycles. The molecule has 0 aliphatic heterocycles. The molecular weight excluding hydrogens is 335 g/mol. The molecular formula is C19H21FN4O2. The molecule has 0 atom stereocenters. The van der Waals surface area contributed by atoms with E-state index in [1.54, 1.807) is 19.1 Å². The summed E-state index contributed by atoms with van der Waals surface area (Å²) in [5.41, 5.74) is 6.64. The molecule has 1 aliphatic rings. The van der Waals surface area contributed by atoms with E-state index in [9.17, 15) is 14.0 Å². The van der Waals surface area contributed by atoms with Gasteiger partial charge in [0.05, 0.1) is 5.69 Å². The highest BCUT2D eigenvalue weighted by atomic mass is 19.1. The first-order chi connectivity index (χ1) is 12.5. The smallest absolute Gasteiger partial charge is 0.272 e. The van der Waals surface area contributed by atoms with Gasteiger partial charge in [0.1, 0.15) is 5.82 Å². The van der Waals surface area contributed by atoms with Crippen molar-refractivity contribution in [3.8, 4) is 11.3 Å². The Morgan fingerprint density at radius 1 is 1.15 bits per heavy atom. The fourth-order valence-electron chi connectivity index (χ4n) is 3.19. The van der Waals surface area contributed by atoms with Gasteiger partial charge >= 0.3 is 0 Å². The Bertz CT molecular complexity index is 830. The van der Waals surface area contributed by atoms with Crippen LogP contribution in [0, 0.1) is 12.7 Å². The van der Waals surface area contributed by atoms with Crippen LogP contribution in [0.1, 0.15) is 58.5 Å². The van der Waals surface area contributed by atoms with Gasteiger partial charge in [0.25, 0.3) is 5.91 Å². The lowest BCUT2D eigenvalue weighted by molar-refractivity contribution is 0.0921. The third kappa shape index (κ3) is 3.87. The molecule has 0 saturated heterocycles. The van der Waals surface area contributed by atoms with Crippen LogP contribution in [0.15, 0.2) is 24.3 Å². The number of benzene rings is 1. The van der Waals surface area contributed by atoms with Crippen LogP contribution in [-0.2, 0) is 0 Å². The van der Waals surface area contributed by atoms with Crippen molar-refractivity contribution in [1.29, 1.82) is 0 Å². The highest BCUT2D eigenvalue weighted by molar-refractivity contribution is 5.94. The number of rotatable bonds is 4. The molecule has 2 aromatic rings. The lowest BCUT2D eigenvalue weighted by atomic mass is 9.95. The van der Waals surface area contributed by atoms with Gasteiger partial charge in [-0.2, -0.15) is 0 Å². The summed E-state index contributed by atoms with van der Waals surface area (Å²) in [6, 6.07) is 5.90. The number of carbonyl (C=O) groups excluding carboxylic acids is 2. The standard InChI is InChI=1S/C19H21FN4O2/c1-11-14(9-12(18(21)25)10-15(11)20)16-7-8-17(24-23-16)19(26)22-13-5-3-2-4-6-13/h7-10,13H,2-6H2,1H3,(H2,21,25)(H,22,26). The molecule has 1 aromatic carbocycles. The van der Waals surface area contributed by atoms with Crippen LogP contribution in [0.5, 0.6) is 0 Å². The Kier molecular flexibility index (Phi) is 5.25. The molecule has 1 heterocycles. The maximum absolute atomic E-state index is 14.0. The largest absolute Gasteiger partial charge is 0.366 e. The van der Waals surface area contributed by atoms with E-state index in [1.165, 1.54) is 12.5 Å². The summed E-state index contributed by atoms with van der Waals surface area (Å²) in [5, 5.41) is 11.0. The van der Waals surface area contributed by atoms with Crippen LogP contribution in [-0.4, -0.2) is 28.1 Å². The molecule has 3 N–H and O–H groups in total. The van der Waals surface area contributed by atoms with Crippen molar-refractivity contribution in [3.05, 3.63) is 46.9 Å². The van der Waals surface area contributed by atoms with E-state index in [0.29, 0.717) is 16.8 Å². The number of carbonyl (C=O) groups is 2. The number of halogens is 1. The minimum atomic E-state index is -0.721. The Morgan fingerprint density at radius 3 is 2.50 bits per heavy atom. The minimum absolute atomic E-state index is 0.0593. The fourth-order valence-corrected chi connectivity index (χ4v) is 3.19. The van der Waals surface area contributed by atoms with Crippen molar-refractivity contribution in [1.82, 2.24) is 15.5 Å². The van der Waals surface area contributed by atoms with E-state index in [0.717, 1.165) is 31.7 Å². The van der Waals surface area contributed by atoms with Crippen molar-refractivity contribution >= 4 is 11.8 Å². The monoisotopic (exact) mass is 356 g/mol. The lowest BCUT2D eigenvalue weighted by Gasteiger charge is -2.22. The quantitative estimate of drug-likeness (QED) is 0.880. The summed E-state index contributed by atoms with van der Waals surface area (Å²) in [5.74, 6) is -1.52. The van der Waals surface area contributed by atoms with E-state index in [2.05, 4.69) is 15.5 Å². The molecule has 2 amide bonds. The predicted octanol–water partition coefficient (Wildman–Crippen LogP) is 2.75. The zero-order chi connectivity index (χ0) is 18.7. The number of nitrogens with one attached hydrogen (secondary N) is 1. The van der Waals surface area contributed by atoms with Gasteiger partial charge in [-0.25, -0.2) is 4.39 Å². The average molecular weight is 356 g/mol. The molecule has 0 unspecified atom stereocenters. The van der Waals surface area contributed by atoms with Gasteiger partial charge in [-0.15, -0.1) is 10.2 Å². The van der Waals surface area contributed by atoms with Crippen LogP contribution in [0.25, 0.3) is 11.3 Å². The lowest BCUT2D eigenvalue weighted by Crippen LogP contribution is -2.36. The summed E-state index contributed by atoms with van der Waals surface area (Å²) < 4.78 is 14.0. The second-order valence-corrected chi connectivity index (χ2v) is 6.61. The first-order valence-electron chi connectivity index (χ1n) is 8.70. The SMILES string of the molecule is Cc1c(F)cc(C(N)=O)cc1-c1ccc(C(=O)NC2CCCCC2)nn1. The van der Waals surface area contributed by atoms with Gasteiger partial charge in [0, 0.05) is 17.2 Å². The maximum Gasteiger partial charge on any atom is 0.272 e. The maximum atomic E-state index is 14.0. The second-order valence-electron chi connectivity index (χ2n) is 6.61. The Hall–Kier alpha value is -2.83. The summed E-state index contributed by atoms with van der Waals surface area (Å²) in [4.78, 5) is 23.6. The topological polar surface area (TPSA) is 98.0 Å². The zero-order valence-electron chi connectivity index (χ0n) is 14.6. The van der Waals surface area contributed by atoms with Gasteiger partial charge in [-0.05, 0) is 49.6 Å². The van der Waals surface area contributed by atoms with Gasteiger partial charge in [0.15, 0.2) is 5.69 Å². The number of primary amides is 1. The first kappa shape index (κ1) is 18.0. The third-order valence-corrected chi connectivity index (χ3v) is 4.74. The first-order valence-corrected chi connectivity index (χ1v) is 8.70. The summed E-state index contributed by atoms with van der Waals surface area (Å²) >= 11 is 0. The third-order valence-electron chi connectivity index (χ3n) is 4.74. The number of nitrogens with two attached hydrogens (primary N) is 1. The van der Waals surface area contributed by atoms with Crippen molar-refractivity contribution in [2.75, 3.05) is 0 Å².